The van der Waals surface area contributed by atoms with E-state index in [1.807, 2.05) is 11.8 Å². The second-order valence-corrected chi connectivity index (χ2v) is 7.06. The number of esters is 1. The van der Waals surface area contributed by atoms with Crippen molar-refractivity contribution in [1.82, 2.24) is 4.90 Å². The molecule has 3 heterocycles. The highest BCUT2D eigenvalue weighted by Gasteiger charge is 2.63. The number of fused-ring (bicyclic) bond motifs is 3. The second kappa shape index (κ2) is 3.76. The molecular formula is C14H19NO2S. The van der Waals surface area contributed by atoms with E-state index in [0.29, 0.717) is 17.3 Å². The summed E-state index contributed by atoms with van der Waals surface area (Å²) in [6.45, 7) is 1.19. The van der Waals surface area contributed by atoms with Crippen LogP contribution in [-0.4, -0.2) is 46.6 Å². The summed E-state index contributed by atoms with van der Waals surface area (Å²) >= 11 is 1.96. The lowest BCUT2D eigenvalue weighted by atomic mass is 9.77. The van der Waals surface area contributed by atoms with Crippen molar-refractivity contribution >= 4 is 17.7 Å². The number of carbonyl (C=O) groups excluding carboxylic acids is 1. The average molecular weight is 265 g/mol. The predicted octanol–water partition coefficient (Wildman–Crippen LogP) is 1.97. The largest absolute Gasteiger partial charge is 0.450 e. The highest BCUT2D eigenvalue weighted by Crippen LogP contribution is 2.55. The molecule has 0 aromatic heterocycles. The maximum Gasteiger partial charge on any atom is 0.331 e. The first-order valence-electron chi connectivity index (χ1n) is 6.97. The Bertz CT molecular complexity index is 436. The van der Waals surface area contributed by atoms with Crippen LogP contribution < -0.4 is 0 Å². The number of hydrogen-bond acceptors (Lipinski definition) is 4. The zero-order valence-corrected chi connectivity index (χ0v) is 11.5. The van der Waals surface area contributed by atoms with Crippen molar-refractivity contribution in [2.24, 2.45) is 0 Å². The fourth-order valence-electron chi connectivity index (χ4n) is 4.58. The van der Waals surface area contributed by atoms with E-state index in [4.69, 9.17) is 4.74 Å². The molecule has 4 unspecified atom stereocenters. The first-order valence-corrected chi connectivity index (χ1v) is 8.26. The van der Waals surface area contributed by atoms with Crippen LogP contribution in [0.2, 0.25) is 0 Å². The zero-order chi connectivity index (χ0) is 12.3. The van der Waals surface area contributed by atoms with Crippen molar-refractivity contribution in [3.63, 3.8) is 0 Å². The second-order valence-electron chi connectivity index (χ2n) is 5.98. The molecular weight excluding hydrogens is 246 g/mol. The van der Waals surface area contributed by atoms with Crippen LogP contribution in [0.3, 0.4) is 0 Å². The van der Waals surface area contributed by atoms with Gasteiger partial charge < -0.3 is 4.74 Å². The Hall–Kier alpha value is -0.480. The zero-order valence-electron chi connectivity index (χ0n) is 10.7. The molecule has 98 valence electrons. The molecule has 4 rings (SSSR count). The molecule has 0 aromatic carbocycles. The molecule has 1 aliphatic carbocycles. The molecule has 2 saturated heterocycles. The number of thioether (sulfide) groups is 1. The monoisotopic (exact) mass is 265 g/mol. The van der Waals surface area contributed by atoms with E-state index in [1.54, 1.807) is 6.08 Å². The fraction of sp³-hybridized carbons (Fsp3) is 0.786. The van der Waals surface area contributed by atoms with E-state index in [9.17, 15) is 4.79 Å². The summed E-state index contributed by atoms with van der Waals surface area (Å²) in [6.07, 6.45) is 9.86. The van der Waals surface area contributed by atoms with Crippen LogP contribution in [0, 0.1) is 0 Å². The number of ether oxygens (including phenoxy) is 1. The minimum Gasteiger partial charge on any atom is -0.450 e. The smallest absolute Gasteiger partial charge is 0.331 e. The van der Waals surface area contributed by atoms with Gasteiger partial charge >= 0.3 is 5.97 Å². The van der Waals surface area contributed by atoms with Crippen LogP contribution in [0.1, 0.15) is 32.1 Å². The van der Waals surface area contributed by atoms with Crippen LogP contribution in [0.15, 0.2) is 11.6 Å². The minimum atomic E-state index is -0.228. The molecule has 3 nitrogen and oxygen atoms in total. The van der Waals surface area contributed by atoms with E-state index in [0.717, 1.165) is 12.8 Å². The van der Waals surface area contributed by atoms with Crippen LogP contribution in [-0.2, 0) is 9.53 Å². The fourth-order valence-corrected chi connectivity index (χ4v) is 5.49. The summed E-state index contributed by atoms with van der Waals surface area (Å²) in [5, 5.41) is 0.641. The van der Waals surface area contributed by atoms with Gasteiger partial charge in [-0.15, -0.1) is 0 Å². The lowest BCUT2D eigenvalue weighted by Gasteiger charge is -2.38. The highest BCUT2D eigenvalue weighted by atomic mass is 32.2. The molecule has 4 atom stereocenters. The topological polar surface area (TPSA) is 29.5 Å². The summed E-state index contributed by atoms with van der Waals surface area (Å²) in [7, 11) is 0. The van der Waals surface area contributed by atoms with Gasteiger partial charge in [0.25, 0.3) is 0 Å². The van der Waals surface area contributed by atoms with Gasteiger partial charge in [0.05, 0.1) is 6.04 Å². The van der Waals surface area contributed by atoms with E-state index in [2.05, 4.69) is 11.2 Å². The molecule has 4 heteroatoms. The van der Waals surface area contributed by atoms with Crippen molar-refractivity contribution in [3.05, 3.63) is 11.6 Å². The third-order valence-electron chi connectivity index (χ3n) is 5.29. The van der Waals surface area contributed by atoms with Crippen molar-refractivity contribution in [2.45, 2.75) is 55.0 Å². The quantitative estimate of drug-likeness (QED) is 0.678. The summed E-state index contributed by atoms with van der Waals surface area (Å²) in [6, 6.07) is 1.08. The lowest BCUT2D eigenvalue weighted by Crippen LogP contribution is -2.48. The molecule has 1 saturated carbocycles. The molecule has 4 aliphatic rings. The Kier molecular flexibility index (Phi) is 2.37. The molecule has 3 aliphatic heterocycles. The van der Waals surface area contributed by atoms with Gasteiger partial charge in [0.1, 0.15) is 0 Å². The number of piperidine rings is 1. The number of rotatable bonds is 1. The Morgan fingerprint density at radius 1 is 1.50 bits per heavy atom. The third kappa shape index (κ3) is 1.28. The Labute approximate surface area is 112 Å². The van der Waals surface area contributed by atoms with Gasteiger partial charge in [-0.3, -0.25) is 4.90 Å². The molecule has 18 heavy (non-hydrogen) atoms. The van der Waals surface area contributed by atoms with Gasteiger partial charge in [-0.25, -0.2) is 4.79 Å². The molecule has 0 amide bonds. The SMILES string of the molecule is CSC1CC2=CC(=O)OC23CC1N1CCCCC13. The predicted molar refractivity (Wildman–Crippen MR) is 71.6 cm³/mol. The highest BCUT2D eigenvalue weighted by molar-refractivity contribution is 7.99. The van der Waals surface area contributed by atoms with Gasteiger partial charge in [0, 0.05) is 23.8 Å². The first-order chi connectivity index (χ1) is 8.74. The van der Waals surface area contributed by atoms with E-state index in [-0.39, 0.29) is 11.6 Å². The van der Waals surface area contributed by atoms with Gasteiger partial charge in [-0.2, -0.15) is 11.8 Å². The molecule has 0 N–H and O–H groups in total. The number of hydrogen-bond donors (Lipinski definition) is 0. The van der Waals surface area contributed by atoms with Gasteiger partial charge in [-0.05, 0) is 37.6 Å². The van der Waals surface area contributed by atoms with Crippen molar-refractivity contribution < 1.29 is 9.53 Å². The maximum absolute atomic E-state index is 11.7. The summed E-state index contributed by atoms with van der Waals surface area (Å²) in [4.78, 5) is 14.4. The van der Waals surface area contributed by atoms with Crippen LogP contribution in [0.5, 0.6) is 0 Å². The van der Waals surface area contributed by atoms with Gasteiger partial charge in [-0.1, -0.05) is 6.42 Å². The van der Waals surface area contributed by atoms with Crippen LogP contribution >= 0.6 is 11.8 Å². The minimum absolute atomic E-state index is 0.0991. The number of nitrogens with zero attached hydrogens (tertiary/aromatic N) is 1. The molecule has 0 aromatic rings. The lowest BCUT2D eigenvalue weighted by molar-refractivity contribution is -0.148. The van der Waals surface area contributed by atoms with Crippen molar-refractivity contribution in [1.29, 1.82) is 0 Å². The van der Waals surface area contributed by atoms with Crippen molar-refractivity contribution in [3.8, 4) is 0 Å². The van der Waals surface area contributed by atoms with E-state index >= 15 is 0 Å². The number of carbonyl (C=O) groups is 1. The summed E-state index contributed by atoms with van der Waals surface area (Å²) in [5.74, 6) is -0.0991. The molecule has 0 radical (unpaired) electrons. The van der Waals surface area contributed by atoms with E-state index in [1.165, 1.54) is 31.4 Å². The van der Waals surface area contributed by atoms with Crippen LogP contribution in [0.4, 0.5) is 0 Å². The molecule has 2 bridgehead atoms. The standard InChI is InChI=1S/C14H19NO2S/c1-18-11-6-9-7-13(16)17-14(9)8-10(11)15-5-3-2-4-12(14)15/h7,10-12H,2-6,8H2,1H3. The van der Waals surface area contributed by atoms with E-state index < -0.39 is 0 Å². The third-order valence-corrected chi connectivity index (χ3v) is 6.38. The Morgan fingerprint density at radius 3 is 3.22 bits per heavy atom. The average Bonchev–Trinajstić information content (AvgIpc) is 2.86. The van der Waals surface area contributed by atoms with Gasteiger partial charge in [0.2, 0.25) is 0 Å². The Balaban J connectivity index is 1.79. The van der Waals surface area contributed by atoms with Crippen LogP contribution in [0.25, 0.3) is 0 Å². The van der Waals surface area contributed by atoms with Gasteiger partial charge in [0.15, 0.2) is 5.60 Å². The summed E-state index contributed by atoms with van der Waals surface area (Å²) < 4.78 is 5.82. The van der Waals surface area contributed by atoms with Crippen molar-refractivity contribution in [2.75, 3.05) is 12.8 Å². The molecule has 3 fully saturated rings. The summed E-state index contributed by atoms with van der Waals surface area (Å²) in [5.41, 5.74) is 1.06. The maximum atomic E-state index is 11.7. The molecule has 1 spiro atoms. The Morgan fingerprint density at radius 2 is 2.39 bits per heavy atom. The first kappa shape index (κ1) is 11.4. The normalized spacial score (nSPS) is 46.4.